The molecule has 0 bridgehead atoms. The Balaban J connectivity index is 1.26. The van der Waals surface area contributed by atoms with Crippen LogP contribution in [0.4, 0.5) is 0 Å². The number of ether oxygens (including phenoxy) is 2. The highest BCUT2D eigenvalue weighted by Gasteiger charge is 2.31. The van der Waals surface area contributed by atoms with E-state index in [1.807, 2.05) is 46.8 Å². The summed E-state index contributed by atoms with van der Waals surface area (Å²) in [5.41, 5.74) is 3.32. The number of amides is 1. The summed E-state index contributed by atoms with van der Waals surface area (Å²) < 4.78 is 13.3. The fraction of sp³-hybridized carbons (Fsp3) is 0.375. The van der Waals surface area contributed by atoms with Crippen molar-refractivity contribution < 1.29 is 14.3 Å². The SMILES string of the molecule is Cc1ccc(-c2nnc(SCC(=O)N3CCCC3c3ccc4c(c3)OCCO4)n2C)cc1. The Bertz CT molecular complexity index is 1130. The predicted molar refractivity (Wildman–Crippen MR) is 123 cm³/mol. The topological polar surface area (TPSA) is 69.5 Å². The zero-order chi connectivity index (χ0) is 22.1. The molecule has 5 rings (SSSR count). The van der Waals surface area contributed by atoms with Crippen LogP contribution in [0.5, 0.6) is 11.5 Å². The minimum atomic E-state index is 0.0709. The second kappa shape index (κ2) is 8.86. The third kappa shape index (κ3) is 4.07. The number of hydrogen-bond acceptors (Lipinski definition) is 6. The van der Waals surface area contributed by atoms with E-state index in [0.717, 1.165) is 53.0 Å². The van der Waals surface area contributed by atoms with Gasteiger partial charge in [-0.05, 0) is 37.5 Å². The second-order valence-corrected chi connectivity index (χ2v) is 9.11. The first-order valence-corrected chi connectivity index (χ1v) is 11.9. The molecule has 1 unspecified atom stereocenters. The number of aromatic nitrogens is 3. The minimum absolute atomic E-state index is 0.0709. The molecule has 1 aromatic heterocycles. The van der Waals surface area contributed by atoms with Crippen molar-refractivity contribution in [3.05, 3.63) is 53.6 Å². The van der Waals surface area contributed by atoms with Gasteiger partial charge in [0.2, 0.25) is 5.91 Å². The maximum Gasteiger partial charge on any atom is 0.233 e. The summed E-state index contributed by atoms with van der Waals surface area (Å²) in [7, 11) is 1.94. The molecule has 2 aliphatic rings. The summed E-state index contributed by atoms with van der Waals surface area (Å²) in [4.78, 5) is 15.1. The first kappa shape index (κ1) is 20.9. The molecular weight excluding hydrogens is 424 g/mol. The molecule has 3 aromatic rings. The van der Waals surface area contributed by atoms with Crippen molar-refractivity contribution in [1.29, 1.82) is 0 Å². The van der Waals surface area contributed by atoms with Gasteiger partial charge in [-0.2, -0.15) is 0 Å². The number of rotatable bonds is 5. The van der Waals surface area contributed by atoms with Crippen molar-refractivity contribution in [3.63, 3.8) is 0 Å². The highest BCUT2D eigenvalue weighted by Crippen LogP contribution is 2.38. The highest BCUT2D eigenvalue weighted by molar-refractivity contribution is 7.99. The summed E-state index contributed by atoms with van der Waals surface area (Å²) in [6.07, 6.45) is 1.95. The first-order chi connectivity index (χ1) is 15.6. The minimum Gasteiger partial charge on any atom is -0.486 e. The standard InChI is InChI=1S/C24H26N4O3S/c1-16-5-7-17(8-6-16)23-25-26-24(27(23)2)32-15-22(29)28-11-3-4-19(28)18-9-10-20-21(14-18)31-13-12-30-20/h5-10,14,19H,3-4,11-13,15H2,1-2H3. The number of hydrogen-bond donors (Lipinski definition) is 0. The van der Waals surface area contributed by atoms with Crippen molar-refractivity contribution in [2.45, 2.75) is 31.0 Å². The molecule has 0 spiro atoms. The molecule has 0 radical (unpaired) electrons. The number of carbonyl (C=O) groups is 1. The van der Waals surface area contributed by atoms with E-state index in [2.05, 4.69) is 29.3 Å². The Hall–Kier alpha value is -3.00. The van der Waals surface area contributed by atoms with Gasteiger partial charge in [-0.3, -0.25) is 4.79 Å². The van der Waals surface area contributed by atoms with E-state index in [9.17, 15) is 4.79 Å². The van der Waals surface area contributed by atoms with E-state index >= 15 is 0 Å². The Kier molecular flexibility index (Phi) is 5.78. The monoisotopic (exact) mass is 450 g/mol. The van der Waals surface area contributed by atoms with E-state index < -0.39 is 0 Å². The van der Waals surface area contributed by atoms with Gasteiger partial charge in [0.05, 0.1) is 11.8 Å². The van der Waals surface area contributed by atoms with Crippen molar-refractivity contribution in [1.82, 2.24) is 19.7 Å². The fourth-order valence-corrected chi connectivity index (χ4v) is 5.08. The molecule has 7 nitrogen and oxygen atoms in total. The highest BCUT2D eigenvalue weighted by atomic mass is 32.2. The lowest BCUT2D eigenvalue weighted by atomic mass is 10.0. The second-order valence-electron chi connectivity index (χ2n) is 8.17. The molecule has 8 heteroatoms. The predicted octanol–water partition coefficient (Wildman–Crippen LogP) is 4.02. The Morgan fingerprint density at radius 1 is 1.09 bits per heavy atom. The number of nitrogens with zero attached hydrogens (tertiary/aromatic N) is 4. The number of benzene rings is 2. The lowest BCUT2D eigenvalue weighted by Crippen LogP contribution is -2.32. The van der Waals surface area contributed by atoms with Crippen LogP contribution in [0.15, 0.2) is 47.6 Å². The first-order valence-electron chi connectivity index (χ1n) is 10.9. The van der Waals surface area contributed by atoms with Crippen LogP contribution < -0.4 is 9.47 Å². The van der Waals surface area contributed by atoms with Gasteiger partial charge in [0.25, 0.3) is 0 Å². The maximum absolute atomic E-state index is 13.1. The zero-order valence-corrected chi connectivity index (χ0v) is 19.1. The maximum atomic E-state index is 13.1. The molecule has 1 atom stereocenters. The molecule has 2 aliphatic heterocycles. The van der Waals surface area contributed by atoms with Crippen molar-refractivity contribution in [2.75, 3.05) is 25.5 Å². The van der Waals surface area contributed by atoms with Crippen LogP contribution in [0.1, 0.15) is 30.0 Å². The number of likely N-dealkylation sites (tertiary alicyclic amines) is 1. The van der Waals surface area contributed by atoms with E-state index in [-0.39, 0.29) is 11.9 Å². The molecule has 0 N–H and O–H groups in total. The van der Waals surface area contributed by atoms with E-state index in [1.165, 1.54) is 17.3 Å². The van der Waals surface area contributed by atoms with Crippen molar-refractivity contribution >= 4 is 17.7 Å². The number of thioether (sulfide) groups is 1. The van der Waals surface area contributed by atoms with Crippen molar-refractivity contribution in [3.8, 4) is 22.9 Å². The van der Waals surface area contributed by atoms with Gasteiger partial charge in [-0.15, -0.1) is 10.2 Å². The number of carbonyl (C=O) groups excluding carboxylic acids is 1. The molecule has 2 aromatic carbocycles. The van der Waals surface area contributed by atoms with Crippen LogP contribution in [-0.4, -0.2) is 51.1 Å². The lowest BCUT2D eigenvalue weighted by Gasteiger charge is -2.26. The molecule has 1 saturated heterocycles. The van der Waals surface area contributed by atoms with E-state index in [1.54, 1.807) is 0 Å². The molecule has 1 amide bonds. The quantitative estimate of drug-likeness (QED) is 0.547. The molecule has 32 heavy (non-hydrogen) atoms. The molecule has 3 heterocycles. The normalized spacial score (nSPS) is 17.6. The van der Waals surface area contributed by atoms with Gasteiger partial charge in [0.15, 0.2) is 22.5 Å². The average molecular weight is 451 g/mol. The van der Waals surface area contributed by atoms with Crippen molar-refractivity contribution in [2.24, 2.45) is 7.05 Å². The summed E-state index contributed by atoms with van der Waals surface area (Å²) in [6, 6.07) is 14.3. The Labute approximate surface area is 191 Å². The molecule has 166 valence electrons. The molecule has 0 saturated carbocycles. The number of fused-ring (bicyclic) bond motifs is 1. The van der Waals surface area contributed by atoms with Gasteiger partial charge in [-0.1, -0.05) is 47.7 Å². The van der Waals surface area contributed by atoms with Gasteiger partial charge < -0.3 is 18.9 Å². The van der Waals surface area contributed by atoms with Gasteiger partial charge in [0, 0.05) is 19.2 Å². The average Bonchev–Trinajstić information content (AvgIpc) is 3.45. The van der Waals surface area contributed by atoms with Gasteiger partial charge in [-0.25, -0.2) is 0 Å². The Morgan fingerprint density at radius 2 is 1.88 bits per heavy atom. The summed E-state index contributed by atoms with van der Waals surface area (Å²) in [5.74, 6) is 2.80. The zero-order valence-electron chi connectivity index (χ0n) is 18.3. The van der Waals surface area contributed by atoms with Gasteiger partial charge >= 0.3 is 0 Å². The van der Waals surface area contributed by atoms with E-state index in [0.29, 0.717) is 19.0 Å². The van der Waals surface area contributed by atoms with Crippen LogP contribution in [-0.2, 0) is 11.8 Å². The lowest BCUT2D eigenvalue weighted by molar-refractivity contribution is -0.129. The largest absolute Gasteiger partial charge is 0.486 e. The summed E-state index contributed by atoms with van der Waals surface area (Å²) in [5, 5.41) is 9.39. The van der Waals surface area contributed by atoms with Gasteiger partial charge in [0.1, 0.15) is 13.2 Å². The fourth-order valence-electron chi connectivity index (χ4n) is 4.28. The Morgan fingerprint density at radius 3 is 2.69 bits per heavy atom. The molecule has 0 aliphatic carbocycles. The van der Waals surface area contributed by atoms with E-state index in [4.69, 9.17) is 9.47 Å². The summed E-state index contributed by atoms with van der Waals surface area (Å²) >= 11 is 1.43. The number of aryl methyl sites for hydroxylation is 1. The smallest absolute Gasteiger partial charge is 0.233 e. The third-order valence-electron chi connectivity index (χ3n) is 5.99. The van der Waals surface area contributed by atoms with Crippen LogP contribution >= 0.6 is 11.8 Å². The van der Waals surface area contributed by atoms with Crippen LogP contribution in [0.25, 0.3) is 11.4 Å². The van der Waals surface area contributed by atoms with Crippen LogP contribution in [0, 0.1) is 6.92 Å². The van der Waals surface area contributed by atoms with Crippen LogP contribution in [0.2, 0.25) is 0 Å². The third-order valence-corrected chi connectivity index (χ3v) is 7.00. The molecular formula is C24H26N4O3S. The molecule has 1 fully saturated rings. The van der Waals surface area contributed by atoms with Crippen LogP contribution in [0.3, 0.4) is 0 Å². The summed E-state index contributed by atoms with van der Waals surface area (Å²) in [6.45, 7) is 3.96.